The van der Waals surface area contributed by atoms with E-state index < -0.39 is 5.63 Å². The molecule has 0 unspecified atom stereocenters. The maximum absolute atomic E-state index is 12.8. The fourth-order valence-corrected chi connectivity index (χ4v) is 4.07. The fraction of sp³-hybridized carbons (Fsp3) is 0.154. The Kier molecular flexibility index (Phi) is 5.00. The number of para-hydroxylation sites is 2. The number of hydrogen-bond donors (Lipinski definition) is 1. The Balaban J connectivity index is 1.42. The standard InChI is InChI=1S/C26H21NO4/c28-25-15-19(22-13-17-7-6-8-18(17)14-24(22)31-25)16-30-23-12-5-4-11-21(23)26(29)27-20-9-2-1-3-10-20/h1-5,9-15H,6-8,16H2,(H,27,29). The summed E-state index contributed by atoms with van der Waals surface area (Å²) in [6.45, 7) is 0.163. The third-order valence-corrected chi connectivity index (χ3v) is 5.59. The van der Waals surface area contributed by atoms with Crippen LogP contribution in [-0.2, 0) is 19.4 Å². The van der Waals surface area contributed by atoms with Crippen molar-refractivity contribution in [3.63, 3.8) is 0 Å². The Morgan fingerprint density at radius 2 is 1.68 bits per heavy atom. The minimum atomic E-state index is -0.404. The first-order chi connectivity index (χ1) is 15.2. The highest BCUT2D eigenvalue weighted by molar-refractivity contribution is 6.06. The summed E-state index contributed by atoms with van der Waals surface area (Å²) < 4.78 is 11.5. The Hall–Kier alpha value is -3.86. The molecule has 0 atom stereocenters. The Morgan fingerprint density at radius 3 is 2.52 bits per heavy atom. The van der Waals surface area contributed by atoms with E-state index in [1.165, 1.54) is 17.2 Å². The van der Waals surface area contributed by atoms with Gasteiger partial charge in [-0.2, -0.15) is 0 Å². The van der Waals surface area contributed by atoms with E-state index in [1.807, 2.05) is 42.5 Å². The van der Waals surface area contributed by atoms with Crippen LogP contribution in [0.3, 0.4) is 0 Å². The summed E-state index contributed by atoms with van der Waals surface area (Å²) in [7, 11) is 0. The van der Waals surface area contributed by atoms with E-state index in [-0.39, 0.29) is 12.5 Å². The number of nitrogens with one attached hydrogen (secondary N) is 1. The Bertz CT molecular complexity index is 1320. The van der Waals surface area contributed by atoms with Gasteiger partial charge in [0.2, 0.25) is 0 Å². The second-order valence-electron chi connectivity index (χ2n) is 7.67. The smallest absolute Gasteiger partial charge is 0.336 e. The molecule has 3 aromatic carbocycles. The summed E-state index contributed by atoms with van der Waals surface area (Å²) in [6.07, 6.45) is 3.17. The van der Waals surface area contributed by atoms with Crippen LogP contribution in [0.1, 0.15) is 33.5 Å². The van der Waals surface area contributed by atoms with Crippen LogP contribution in [0.2, 0.25) is 0 Å². The van der Waals surface area contributed by atoms with E-state index in [2.05, 4.69) is 11.4 Å². The summed E-state index contributed by atoms with van der Waals surface area (Å²) in [6, 6.07) is 21.9. The zero-order chi connectivity index (χ0) is 21.2. The maximum Gasteiger partial charge on any atom is 0.336 e. The number of hydrogen-bond acceptors (Lipinski definition) is 4. The molecular formula is C26H21NO4. The monoisotopic (exact) mass is 411 g/mol. The zero-order valence-electron chi connectivity index (χ0n) is 16.9. The molecule has 5 nitrogen and oxygen atoms in total. The average Bonchev–Trinajstić information content (AvgIpc) is 3.24. The second-order valence-corrected chi connectivity index (χ2v) is 7.67. The van der Waals surface area contributed by atoms with Crippen LogP contribution in [0.25, 0.3) is 11.0 Å². The molecule has 5 heteroatoms. The molecule has 0 spiro atoms. The van der Waals surface area contributed by atoms with Crippen molar-refractivity contribution in [2.45, 2.75) is 25.9 Å². The maximum atomic E-state index is 12.8. The highest BCUT2D eigenvalue weighted by Crippen LogP contribution is 2.29. The third kappa shape index (κ3) is 3.94. The van der Waals surface area contributed by atoms with Gasteiger partial charge in [-0.1, -0.05) is 30.3 Å². The van der Waals surface area contributed by atoms with Gasteiger partial charge in [0.05, 0.1) is 5.56 Å². The van der Waals surface area contributed by atoms with Crippen LogP contribution in [0.5, 0.6) is 5.75 Å². The van der Waals surface area contributed by atoms with Gasteiger partial charge in [-0.3, -0.25) is 4.79 Å². The van der Waals surface area contributed by atoms with Crippen LogP contribution in [0.15, 0.2) is 82.0 Å². The first kappa shape index (κ1) is 19.1. The van der Waals surface area contributed by atoms with E-state index >= 15 is 0 Å². The lowest BCUT2D eigenvalue weighted by atomic mass is 10.0. The van der Waals surface area contributed by atoms with Crippen molar-refractivity contribution in [3.8, 4) is 5.75 Å². The van der Waals surface area contributed by atoms with Gasteiger partial charge in [0.25, 0.3) is 5.91 Å². The Labute approximate surface area is 179 Å². The number of amides is 1. The quantitative estimate of drug-likeness (QED) is 0.463. The lowest BCUT2D eigenvalue weighted by Gasteiger charge is -2.13. The van der Waals surface area contributed by atoms with Crippen molar-refractivity contribution in [1.82, 2.24) is 0 Å². The number of carbonyl (C=O) groups excluding carboxylic acids is 1. The molecule has 0 radical (unpaired) electrons. The lowest BCUT2D eigenvalue weighted by Crippen LogP contribution is -2.14. The van der Waals surface area contributed by atoms with Crippen molar-refractivity contribution in [3.05, 3.63) is 105 Å². The van der Waals surface area contributed by atoms with Crippen LogP contribution in [-0.4, -0.2) is 5.91 Å². The molecule has 0 bridgehead atoms. The van der Waals surface area contributed by atoms with Gasteiger partial charge in [-0.25, -0.2) is 4.79 Å². The molecule has 0 saturated carbocycles. The molecule has 4 aromatic rings. The molecule has 1 aromatic heterocycles. The SMILES string of the molecule is O=C(Nc1ccccc1)c1ccccc1OCc1cc(=O)oc2cc3c(cc12)CCC3. The molecule has 1 aliphatic carbocycles. The van der Waals surface area contributed by atoms with Gasteiger partial charge in [0.15, 0.2) is 0 Å². The summed E-state index contributed by atoms with van der Waals surface area (Å²) in [5.41, 5.74) is 4.62. The van der Waals surface area contributed by atoms with E-state index in [1.54, 1.807) is 18.2 Å². The van der Waals surface area contributed by atoms with Crippen molar-refractivity contribution in [2.75, 3.05) is 5.32 Å². The number of anilines is 1. The molecule has 31 heavy (non-hydrogen) atoms. The molecule has 1 N–H and O–H groups in total. The third-order valence-electron chi connectivity index (χ3n) is 5.59. The van der Waals surface area contributed by atoms with Crippen molar-refractivity contribution in [2.24, 2.45) is 0 Å². The average molecular weight is 411 g/mol. The van der Waals surface area contributed by atoms with Crippen molar-refractivity contribution < 1.29 is 13.9 Å². The molecular weight excluding hydrogens is 390 g/mol. The van der Waals surface area contributed by atoms with E-state index in [9.17, 15) is 9.59 Å². The molecule has 0 aliphatic heterocycles. The molecule has 0 saturated heterocycles. The molecule has 1 heterocycles. The summed E-state index contributed by atoms with van der Waals surface area (Å²) in [4.78, 5) is 24.9. The van der Waals surface area contributed by atoms with Crippen LogP contribution < -0.4 is 15.7 Å². The van der Waals surface area contributed by atoms with Gasteiger partial charge < -0.3 is 14.5 Å². The number of fused-ring (bicyclic) bond motifs is 2. The summed E-state index contributed by atoms with van der Waals surface area (Å²) in [5, 5.41) is 3.76. The first-order valence-electron chi connectivity index (χ1n) is 10.3. The molecule has 154 valence electrons. The van der Waals surface area contributed by atoms with E-state index in [0.717, 1.165) is 30.2 Å². The fourth-order valence-electron chi connectivity index (χ4n) is 4.07. The molecule has 1 amide bonds. The number of rotatable bonds is 5. The number of aryl methyl sites for hydroxylation is 2. The molecule has 0 fully saturated rings. The van der Waals surface area contributed by atoms with Crippen molar-refractivity contribution in [1.29, 1.82) is 0 Å². The predicted molar refractivity (Wildman–Crippen MR) is 120 cm³/mol. The van der Waals surface area contributed by atoms with Gasteiger partial charge in [0, 0.05) is 22.7 Å². The summed E-state index contributed by atoms with van der Waals surface area (Å²) in [5.74, 6) is 0.204. The predicted octanol–water partition coefficient (Wildman–Crippen LogP) is 5.11. The minimum Gasteiger partial charge on any atom is -0.488 e. The highest BCUT2D eigenvalue weighted by atomic mass is 16.5. The largest absolute Gasteiger partial charge is 0.488 e. The minimum absolute atomic E-state index is 0.163. The first-order valence-corrected chi connectivity index (χ1v) is 10.3. The second kappa shape index (κ2) is 8.11. The Morgan fingerprint density at radius 1 is 0.935 bits per heavy atom. The lowest BCUT2D eigenvalue weighted by molar-refractivity contribution is 0.102. The summed E-state index contributed by atoms with van der Waals surface area (Å²) >= 11 is 0. The van der Waals surface area contributed by atoms with Gasteiger partial charge in [-0.05, 0) is 66.8 Å². The van der Waals surface area contributed by atoms with Crippen molar-refractivity contribution >= 4 is 22.6 Å². The van der Waals surface area contributed by atoms with Gasteiger partial charge in [-0.15, -0.1) is 0 Å². The van der Waals surface area contributed by atoms with Crippen LogP contribution in [0.4, 0.5) is 5.69 Å². The van der Waals surface area contributed by atoms with Gasteiger partial charge in [0.1, 0.15) is 17.9 Å². The number of benzene rings is 3. The van der Waals surface area contributed by atoms with Crippen LogP contribution in [0, 0.1) is 0 Å². The topological polar surface area (TPSA) is 68.5 Å². The van der Waals surface area contributed by atoms with E-state index in [0.29, 0.717) is 22.6 Å². The zero-order valence-corrected chi connectivity index (χ0v) is 16.9. The number of ether oxygens (including phenoxy) is 1. The highest BCUT2D eigenvalue weighted by Gasteiger charge is 2.17. The van der Waals surface area contributed by atoms with Gasteiger partial charge >= 0.3 is 5.63 Å². The van der Waals surface area contributed by atoms with E-state index in [4.69, 9.17) is 9.15 Å². The normalized spacial score (nSPS) is 12.5. The number of carbonyl (C=O) groups is 1. The molecule has 1 aliphatic rings. The van der Waals surface area contributed by atoms with Crippen LogP contribution >= 0.6 is 0 Å². The molecule has 5 rings (SSSR count).